The second kappa shape index (κ2) is 8.56. The highest BCUT2D eigenvalue weighted by Crippen LogP contribution is 2.28. The van der Waals surface area contributed by atoms with E-state index in [1.807, 2.05) is 36.4 Å². The Morgan fingerprint density at radius 3 is 2.73 bits per heavy atom. The molecule has 1 aliphatic carbocycles. The molecule has 1 saturated carbocycles. The van der Waals surface area contributed by atoms with E-state index in [1.54, 1.807) is 13.3 Å². The van der Waals surface area contributed by atoms with Crippen molar-refractivity contribution in [3.05, 3.63) is 48.2 Å². The van der Waals surface area contributed by atoms with Crippen LogP contribution in [0.5, 0.6) is 17.4 Å². The van der Waals surface area contributed by atoms with Crippen LogP contribution in [-0.2, 0) is 6.54 Å². The molecule has 0 bridgehead atoms. The summed E-state index contributed by atoms with van der Waals surface area (Å²) in [6.45, 7) is 5.73. The topological polar surface area (TPSA) is 67.8 Å². The molecule has 0 saturated heterocycles. The van der Waals surface area contributed by atoms with Crippen molar-refractivity contribution in [3.8, 4) is 17.4 Å². The molecule has 0 aliphatic heterocycles. The zero-order valence-corrected chi connectivity index (χ0v) is 15.5. The van der Waals surface area contributed by atoms with E-state index < -0.39 is 0 Å². The van der Waals surface area contributed by atoms with Crippen molar-refractivity contribution in [1.82, 2.24) is 15.6 Å². The average molecular weight is 354 g/mol. The van der Waals surface area contributed by atoms with Crippen LogP contribution in [0, 0.1) is 5.92 Å². The van der Waals surface area contributed by atoms with Gasteiger partial charge in [0.15, 0.2) is 5.96 Å². The SMILES string of the molecule is CCNC(=NCc1ccc(Oc2cccc(OC)c2)nc1)NC1CC1C. The molecule has 2 atom stereocenters. The lowest BCUT2D eigenvalue weighted by molar-refractivity contribution is 0.407. The number of nitrogens with zero attached hydrogens (tertiary/aromatic N) is 2. The fraction of sp³-hybridized carbons (Fsp3) is 0.400. The molecule has 1 heterocycles. The van der Waals surface area contributed by atoms with Crippen LogP contribution in [0.25, 0.3) is 0 Å². The molecular formula is C20H26N4O2. The number of benzene rings is 1. The number of aliphatic imine (C=N–C) groups is 1. The number of nitrogens with one attached hydrogen (secondary N) is 2. The molecule has 6 heteroatoms. The second-order valence-electron chi connectivity index (χ2n) is 6.44. The Morgan fingerprint density at radius 2 is 2.08 bits per heavy atom. The van der Waals surface area contributed by atoms with Crippen LogP contribution < -0.4 is 20.1 Å². The van der Waals surface area contributed by atoms with Crippen LogP contribution in [0.15, 0.2) is 47.6 Å². The first-order chi connectivity index (χ1) is 12.7. The van der Waals surface area contributed by atoms with E-state index in [2.05, 4.69) is 34.5 Å². The van der Waals surface area contributed by atoms with Crippen LogP contribution in [0.3, 0.4) is 0 Å². The van der Waals surface area contributed by atoms with Gasteiger partial charge in [-0.25, -0.2) is 9.98 Å². The molecule has 0 amide bonds. The van der Waals surface area contributed by atoms with Gasteiger partial charge in [-0.15, -0.1) is 0 Å². The van der Waals surface area contributed by atoms with Crippen LogP contribution in [-0.4, -0.2) is 30.6 Å². The van der Waals surface area contributed by atoms with E-state index in [4.69, 9.17) is 9.47 Å². The number of hydrogen-bond donors (Lipinski definition) is 2. The molecule has 2 aromatic rings. The van der Waals surface area contributed by atoms with Gasteiger partial charge >= 0.3 is 0 Å². The van der Waals surface area contributed by atoms with Crippen molar-refractivity contribution in [3.63, 3.8) is 0 Å². The summed E-state index contributed by atoms with van der Waals surface area (Å²) in [7, 11) is 1.63. The van der Waals surface area contributed by atoms with Gasteiger partial charge < -0.3 is 20.1 Å². The molecule has 26 heavy (non-hydrogen) atoms. The Hall–Kier alpha value is -2.76. The van der Waals surface area contributed by atoms with E-state index in [-0.39, 0.29) is 0 Å². The lowest BCUT2D eigenvalue weighted by atomic mass is 10.3. The Kier molecular flexibility index (Phi) is 5.94. The van der Waals surface area contributed by atoms with E-state index >= 15 is 0 Å². The molecule has 1 aromatic heterocycles. The van der Waals surface area contributed by atoms with Gasteiger partial charge in [-0.2, -0.15) is 0 Å². The minimum absolute atomic E-state index is 0.544. The normalized spacial score (nSPS) is 19.0. The molecule has 6 nitrogen and oxygen atoms in total. The molecule has 2 N–H and O–H groups in total. The smallest absolute Gasteiger partial charge is 0.219 e. The van der Waals surface area contributed by atoms with Crippen molar-refractivity contribution in [2.45, 2.75) is 32.9 Å². The summed E-state index contributed by atoms with van der Waals surface area (Å²) in [6, 6.07) is 11.8. The number of guanidine groups is 1. The highest BCUT2D eigenvalue weighted by atomic mass is 16.5. The molecule has 138 valence electrons. The molecule has 1 fully saturated rings. The third-order valence-electron chi connectivity index (χ3n) is 4.26. The molecule has 0 radical (unpaired) electrons. The van der Waals surface area contributed by atoms with Crippen LogP contribution in [0.4, 0.5) is 0 Å². The van der Waals surface area contributed by atoms with Crippen LogP contribution in [0.1, 0.15) is 25.8 Å². The number of rotatable bonds is 7. The van der Waals surface area contributed by atoms with E-state index in [1.165, 1.54) is 6.42 Å². The van der Waals surface area contributed by atoms with E-state index in [9.17, 15) is 0 Å². The molecule has 2 unspecified atom stereocenters. The Balaban J connectivity index is 1.58. The predicted molar refractivity (Wildman–Crippen MR) is 103 cm³/mol. The summed E-state index contributed by atoms with van der Waals surface area (Å²) in [5, 5.41) is 6.73. The third-order valence-corrected chi connectivity index (χ3v) is 4.26. The first-order valence-corrected chi connectivity index (χ1v) is 8.99. The van der Waals surface area contributed by atoms with E-state index in [0.29, 0.717) is 24.2 Å². The van der Waals surface area contributed by atoms with Crippen LogP contribution >= 0.6 is 0 Å². The lowest BCUT2D eigenvalue weighted by Gasteiger charge is -2.11. The van der Waals surface area contributed by atoms with Gasteiger partial charge in [-0.05, 0) is 37.0 Å². The quantitative estimate of drug-likeness (QED) is 0.590. The molecule has 1 aliphatic rings. The van der Waals surface area contributed by atoms with Gasteiger partial charge in [0, 0.05) is 30.9 Å². The maximum absolute atomic E-state index is 5.76. The Labute approximate surface area is 154 Å². The summed E-state index contributed by atoms with van der Waals surface area (Å²) in [5.74, 6) is 3.58. The van der Waals surface area contributed by atoms with Crippen molar-refractivity contribution < 1.29 is 9.47 Å². The first-order valence-electron chi connectivity index (χ1n) is 8.99. The standard InChI is InChI=1S/C20H26N4O2/c1-4-21-20(24-18-10-14(18)2)23-13-15-8-9-19(22-12-15)26-17-7-5-6-16(11-17)25-3/h5-9,11-12,14,18H,4,10,13H2,1-3H3,(H2,21,23,24). The summed E-state index contributed by atoms with van der Waals surface area (Å²) < 4.78 is 11.0. The lowest BCUT2D eigenvalue weighted by Crippen LogP contribution is -2.39. The fourth-order valence-electron chi connectivity index (χ4n) is 2.54. The number of pyridine rings is 1. The zero-order valence-electron chi connectivity index (χ0n) is 15.5. The number of methoxy groups -OCH3 is 1. The van der Waals surface area contributed by atoms with Gasteiger partial charge in [-0.1, -0.05) is 19.1 Å². The molecular weight excluding hydrogens is 328 g/mol. The first kappa shape index (κ1) is 18.0. The molecule has 1 aromatic carbocycles. The Bertz CT molecular complexity index is 746. The van der Waals surface area contributed by atoms with Gasteiger partial charge in [0.05, 0.1) is 13.7 Å². The van der Waals surface area contributed by atoms with Crippen molar-refractivity contribution in [1.29, 1.82) is 0 Å². The minimum Gasteiger partial charge on any atom is -0.497 e. The number of hydrogen-bond acceptors (Lipinski definition) is 4. The van der Waals surface area contributed by atoms with Crippen molar-refractivity contribution >= 4 is 5.96 Å². The molecule has 3 rings (SSSR count). The van der Waals surface area contributed by atoms with Crippen molar-refractivity contribution in [2.75, 3.05) is 13.7 Å². The maximum atomic E-state index is 5.76. The van der Waals surface area contributed by atoms with E-state index in [0.717, 1.165) is 29.7 Å². The van der Waals surface area contributed by atoms with Crippen molar-refractivity contribution in [2.24, 2.45) is 10.9 Å². The summed E-state index contributed by atoms with van der Waals surface area (Å²) in [4.78, 5) is 9.00. The average Bonchev–Trinajstić information content (AvgIpc) is 3.36. The number of ether oxygens (including phenoxy) is 2. The maximum Gasteiger partial charge on any atom is 0.219 e. The minimum atomic E-state index is 0.544. The predicted octanol–water partition coefficient (Wildman–Crippen LogP) is 3.35. The summed E-state index contributed by atoms with van der Waals surface area (Å²) >= 11 is 0. The largest absolute Gasteiger partial charge is 0.497 e. The van der Waals surface area contributed by atoms with Gasteiger partial charge in [0.25, 0.3) is 0 Å². The third kappa shape index (κ3) is 5.12. The zero-order chi connectivity index (χ0) is 18.4. The monoisotopic (exact) mass is 354 g/mol. The summed E-state index contributed by atoms with van der Waals surface area (Å²) in [5.41, 5.74) is 1.03. The fourth-order valence-corrected chi connectivity index (χ4v) is 2.54. The van der Waals surface area contributed by atoms with Crippen LogP contribution in [0.2, 0.25) is 0 Å². The van der Waals surface area contributed by atoms with Gasteiger partial charge in [0.2, 0.25) is 5.88 Å². The second-order valence-corrected chi connectivity index (χ2v) is 6.44. The highest BCUT2D eigenvalue weighted by molar-refractivity contribution is 5.80. The Morgan fingerprint density at radius 1 is 1.27 bits per heavy atom. The van der Waals surface area contributed by atoms with Gasteiger partial charge in [0.1, 0.15) is 11.5 Å². The molecule has 0 spiro atoms. The summed E-state index contributed by atoms with van der Waals surface area (Å²) in [6.07, 6.45) is 3.00. The number of aromatic nitrogens is 1. The van der Waals surface area contributed by atoms with Gasteiger partial charge in [-0.3, -0.25) is 0 Å². The highest BCUT2D eigenvalue weighted by Gasteiger charge is 2.33.